The van der Waals surface area contributed by atoms with Crippen molar-refractivity contribution in [2.75, 3.05) is 37.7 Å². The quantitative estimate of drug-likeness (QED) is 0.711. The molecule has 3 heterocycles. The Labute approximate surface area is 148 Å². The molecule has 0 atom stereocenters. The topological polar surface area (TPSA) is 71.5 Å². The third-order valence-electron chi connectivity index (χ3n) is 4.07. The van der Waals surface area contributed by atoms with Crippen LogP contribution in [0.5, 0.6) is 5.75 Å². The van der Waals surface area contributed by atoms with Gasteiger partial charge in [-0.2, -0.15) is 0 Å². The molecule has 1 aromatic carbocycles. The highest BCUT2D eigenvalue weighted by Gasteiger charge is 2.23. The molecule has 8 heteroatoms. The number of ether oxygens (including phenoxy) is 1. The number of aromatic nitrogens is 3. The van der Waals surface area contributed by atoms with Crippen molar-refractivity contribution in [3.63, 3.8) is 0 Å². The molecule has 7 nitrogen and oxygen atoms in total. The number of carbonyl (C=O) groups is 1. The number of hydrogen-bond acceptors (Lipinski definition) is 7. The number of carbonyl (C=O) groups excluding carboxylic acids is 1. The van der Waals surface area contributed by atoms with Gasteiger partial charge in [0, 0.05) is 26.2 Å². The van der Waals surface area contributed by atoms with Crippen LogP contribution in [0.15, 0.2) is 42.9 Å². The van der Waals surface area contributed by atoms with E-state index in [4.69, 9.17) is 4.74 Å². The Morgan fingerprint density at radius 1 is 1.16 bits per heavy atom. The molecule has 0 bridgehead atoms. The van der Waals surface area contributed by atoms with E-state index in [-0.39, 0.29) is 12.5 Å². The molecule has 1 saturated heterocycles. The summed E-state index contributed by atoms with van der Waals surface area (Å²) in [6.07, 6.45) is 3.26. The molecule has 0 radical (unpaired) electrons. The number of anilines is 1. The van der Waals surface area contributed by atoms with Crippen molar-refractivity contribution < 1.29 is 9.53 Å². The van der Waals surface area contributed by atoms with Gasteiger partial charge in [0.2, 0.25) is 0 Å². The van der Waals surface area contributed by atoms with E-state index < -0.39 is 0 Å². The van der Waals surface area contributed by atoms with E-state index >= 15 is 0 Å². The lowest BCUT2D eigenvalue weighted by atomic mass is 10.3. The number of hydrogen-bond donors (Lipinski definition) is 0. The van der Waals surface area contributed by atoms with Gasteiger partial charge in [-0.05, 0) is 12.1 Å². The van der Waals surface area contributed by atoms with Gasteiger partial charge in [-0.1, -0.05) is 29.5 Å². The van der Waals surface area contributed by atoms with E-state index in [1.165, 1.54) is 6.33 Å². The molecule has 0 unspecified atom stereocenters. The minimum Gasteiger partial charge on any atom is -0.484 e. The zero-order chi connectivity index (χ0) is 17.1. The summed E-state index contributed by atoms with van der Waals surface area (Å²) in [5, 5.41) is 0.933. The van der Waals surface area contributed by atoms with Crippen LogP contribution in [0.3, 0.4) is 0 Å². The Morgan fingerprint density at radius 3 is 2.72 bits per heavy atom. The number of rotatable bonds is 4. The van der Waals surface area contributed by atoms with E-state index in [0.717, 1.165) is 28.6 Å². The fraction of sp³-hybridized carbons (Fsp3) is 0.294. The molecule has 1 aliphatic heterocycles. The van der Waals surface area contributed by atoms with E-state index in [1.807, 2.05) is 35.2 Å². The van der Waals surface area contributed by atoms with Gasteiger partial charge in [-0.3, -0.25) is 4.79 Å². The van der Waals surface area contributed by atoms with Gasteiger partial charge in [0.15, 0.2) is 11.7 Å². The maximum atomic E-state index is 12.3. The van der Waals surface area contributed by atoms with E-state index in [9.17, 15) is 4.79 Å². The Bertz CT molecular complexity index is 829. The van der Waals surface area contributed by atoms with E-state index in [2.05, 4.69) is 19.9 Å². The molecule has 4 rings (SSSR count). The van der Waals surface area contributed by atoms with Crippen LogP contribution in [0.25, 0.3) is 10.3 Å². The summed E-state index contributed by atoms with van der Waals surface area (Å²) >= 11 is 1.56. The number of piperazine rings is 1. The van der Waals surface area contributed by atoms with Gasteiger partial charge in [0.1, 0.15) is 22.4 Å². The monoisotopic (exact) mass is 355 g/mol. The van der Waals surface area contributed by atoms with Crippen LogP contribution in [0.4, 0.5) is 5.13 Å². The van der Waals surface area contributed by atoms with Gasteiger partial charge >= 0.3 is 0 Å². The lowest BCUT2D eigenvalue weighted by Crippen LogP contribution is -2.50. The fourth-order valence-corrected chi connectivity index (χ4v) is 3.65. The first-order chi connectivity index (χ1) is 12.3. The molecule has 25 heavy (non-hydrogen) atoms. The number of para-hydroxylation sites is 1. The summed E-state index contributed by atoms with van der Waals surface area (Å²) in [7, 11) is 0. The number of benzene rings is 1. The second-order valence-electron chi connectivity index (χ2n) is 5.68. The Kier molecular flexibility index (Phi) is 4.43. The maximum Gasteiger partial charge on any atom is 0.260 e. The molecule has 0 aliphatic carbocycles. The zero-order valence-electron chi connectivity index (χ0n) is 13.5. The highest BCUT2D eigenvalue weighted by Crippen LogP contribution is 2.27. The highest BCUT2D eigenvalue weighted by molar-refractivity contribution is 7.21. The van der Waals surface area contributed by atoms with Crippen LogP contribution in [0, 0.1) is 0 Å². The molecule has 0 spiro atoms. The standard InChI is InChI=1S/C17H17N5O2S/c23-15(11-24-13-4-2-1-3-5-13)21-6-8-22(9-7-21)17-20-14-10-18-12-19-16(14)25-17/h1-5,10,12H,6-9,11H2. The Balaban J connectivity index is 1.32. The summed E-state index contributed by atoms with van der Waals surface area (Å²) in [6, 6.07) is 9.39. The lowest BCUT2D eigenvalue weighted by Gasteiger charge is -2.34. The maximum absolute atomic E-state index is 12.3. The second kappa shape index (κ2) is 7.02. The first kappa shape index (κ1) is 15.8. The van der Waals surface area contributed by atoms with Crippen molar-refractivity contribution >= 4 is 32.7 Å². The van der Waals surface area contributed by atoms with Crippen LogP contribution in [-0.4, -0.2) is 58.5 Å². The molecular weight excluding hydrogens is 338 g/mol. The van der Waals surface area contributed by atoms with Crippen LogP contribution in [-0.2, 0) is 4.79 Å². The summed E-state index contributed by atoms with van der Waals surface area (Å²) in [6.45, 7) is 2.91. The van der Waals surface area contributed by atoms with Gasteiger partial charge in [0.25, 0.3) is 5.91 Å². The number of nitrogens with zero attached hydrogens (tertiary/aromatic N) is 5. The Hall–Kier alpha value is -2.74. The second-order valence-corrected chi connectivity index (χ2v) is 6.64. The minimum absolute atomic E-state index is 0.0127. The average molecular weight is 355 g/mol. The normalized spacial score (nSPS) is 14.7. The highest BCUT2D eigenvalue weighted by atomic mass is 32.1. The van der Waals surface area contributed by atoms with Crippen LogP contribution in [0.1, 0.15) is 0 Å². The lowest BCUT2D eigenvalue weighted by molar-refractivity contribution is -0.133. The first-order valence-electron chi connectivity index (χ1n) is 8.07. The van der Waals surface area contributed by atoms with Crippen molar-refractivity contribution in [2.24, 2.45) is 0 Å². The number of amides is 1. The van der Waals surface area contributed by atoms with E-state index in [1.54, 1.807) is 17.5 Å². The SMILES string of the molecule is O=C(COc1ccccc1)N1CCN(c2nc3cncnc3s2)CC1. The van der Waals surface area contributed by atoms with Gasteiger partial charge in [0.05, 0.1) is 6.20 Å². The van der Waals surface area contributed by atoms with E-state index in [0.29, 0.717) is 18.8 Å². The first-order valence-corrected chi connectivity index (χ1v) is 8.88. The fourth-order valence-electron chi connectivity index (χ4n) is 2.71. The minimum atomic E-state index is 0.0127. The summed E-state index contributed by atoms with van der Waals surface area (Å²) in [5.74, 6) is 0.726. The van der Waals surface area contributed by atoms with Crippen molar-refractivity contribution in [3.05, 3.63) is 42.9 Å². The van der Waals surface area contributed by atoms with Gasteiger partial charge in [-0.15, -0.1) is 0 Å². The van der Waals surface area contributed by atoms with Crippen molar-refractivity contribution in [1.82, 2.24) is 19.9 Å². The largest absolute Gasteiger partial charge is 0.484 e. The predicted octanol–water partition coefficient (Wildman–Crippen LogP) is 1.81. The molecule has 1 fully saturated rings. The zero-order valence-corrected chi connectivity index (χ0v) is 14.4. The van der Waals surface area contributed by atoms with Crippen LogP contribution in [0.2, 0.25) is 0 Å². The molecule has 128 valence electrons. The molecule has 1 aliphatic rings. The average Bonchev–Trinajstić information content (AvgIpc) is 3.11. The molecule has 0 N–H and O–H groups in total. The van der Waals surface area contributed by atoms with Gasteiger partial charge in [-0.25, -0.2) is 15.0 Å². The van der Waals surface area contributed by atoms with Gasteiger partial charge < -0.3 is 14.5 Å². The van der Waals surface area contributed by atoms with Crippen LogP contribution >= 0.6 is 11.3 Å². The van der Waals surface area contributed by atoms with Crippen molar-refractivity contribution in [1.29, 1.82) is 0 Å². The summed E-state index contributed by atoms with van der Waals surface area (Å²) in [4.78, 5) is 30.0. The number of thiazole rings is 1. The predicted molar refractivity (Wildman–Crippen MR) is 95.9 cm³/mol. The molecule has 3 aromatic rings. The van der Waals surface area contributed by atoms with Crippen molar-refractivity contribution in [3.8, 4) is 5.75 Å². The summed E-state index contributed by atoms with van der Waals surface area (Å²) < 4.78 is 5.54. The third kappa shape index (κ3) is 3.53. The van der Waals surface area contributed by atoms with Crippen LogP contribution < -0.4 is 9.64 Å². The molecule has 0 saturated carbocycles. The third-order valence-corrected chi connectivity index (χ3v) is 5.11. The smallest absolute Gasteiger partial charge is 0.260 e. The van der Waals surface area contributed by atoms with Crippen molar-refractivity contribution in [2.45, 2.75) is 0 Å². The Morgan fingerprint density at radius 2 is 1.96 bits per heavy atom. The summed E-state index contributed by atoms with van der Waals surface area (Å²) in [5.41, 5.74) is 0.817. The molecule has 1 amide bonds. The molecular formula is C17H17N5O2S. The molecule has 2 aromatic heterocycles. The number of fused-ring (bicyclic) bond motifs is 1.